The molecule has 0 aromatic heterocycles. The average Bonchev–Trinajstić information content (AvgIpc) is 2.47. The van der Waals surface area contributed by atoms with Gasteiger partial charge in [0.25, 0.3) is 0 Å². The summed E-state index contributed by atoms with van der Waals surface area (Å²) in [5.41, 5.74) is 6.15. The first kappa shape index (κ1) is 16.7. The Kier molecular flexibility index (Phi) is 6.04. The molecule has 1 saturated heterocycles. The lowest BCUT2D eigenvalue weighted by Crippen LogP contribution is -2.33. The standard InChI is InChI=1S/C14H22BrN3O2S/c15-13-6-5-12(11-14(13)16)21(19,20)17-7-4-10-18-8-2-1-3-9-18/h5-6,11,17H,1-4,7-10,16H2. The summed E-state index contributed by atoms with van der Waals surface area (Å²) in [4.78, 5) is 2.61. The van der Waals surface area contributed by atoms with E-state index < -0.39 is 10.0 Å². The second-order valence-electron chi connectivity index (χ2n) is 5.34. The smallest absolute Gasteiger partial charge is 0.240 e. The van der Waals surface area contributed by atoms with Crippen LogP contribution in [-0.2, 0) is 10.0 Å². The number of nitrogens with zero attached hydrogens (tertiary/aromatic N) is 1. The van der Waals surface area contributed by atoms with Gasteiger partial charge < -0.3 is 10.6 Å². The molecule has 0 radical (unpaired) electrons. The van der Waals surface area contributed by atoms with Crippen LogP contribution in [0.2, 0.25) is 0 Å². The molecule has 7 heteroatoms. The summed E-state index contributed by atoms with van der Waals surface area (Å²) in [5.74, 6) is 0. The molecular formula is C14H22BrN3O2S. The van der Waals surface area contributed by atoms with E-state index in [1.807, 2.05) is 0 Å². The van der Waals surface area contributed by atoms with Crippen LogP contribution in [0, 0.1) is 0 Å². The van der Waals surface area contributed by atoms with Crippen LogP contribution < -0.4 is 10.5 Å². The topological polar surface area (TPSA) is 75.4 Å². The highest BCUT2D eigenvalue weighted by Gasteiger charge is 2.15. The van der Waals surface area contributed by atoms with E-state index in [0.29, 0.717) is 16.7 Å². The second kappa shape index (κ2) is 7.58. The molecule has 1 aromatic rings. The van der Waals surface area contributed by atoms with Crippen LogP contribution in [0.4, 0.5) is 5.69 Å². The van der Waals surface area contributed by atoms with Gasteiger partial charge in [-0.15, -0.1) is 0 Å². The number of benzene rings is 1. The van der Waals surface area contributed by atoms with Gasteiger partial charge in [-0.05, 0) is 73.0 Å². The molecule has 0 unspecified atom stereocenters. The number of rotatable bonds is 6. The number of piperidine rings is 1. The van der Waals surface area contributed by atoms with Crippen molar-refractivity contribution in [2.45, 2.75) is 30.6 Å². The third-order valence-corrected chi connectivity index (χ3v) is 5.85. The molecule has 1 heterocycles. The van der Waals surface area contributed by atoms with Crippen molar-refractivity contribution in [2.75, 3.05) is 31.9 Å². The lowest BCUT2D eigenvalue weighted by atomic mass is 10.1. The number of sulfonamides is 1. The molecule has 1 aromatic carbocycles. The van der Waals surface area contributed by atoms with Gasteiger partial charge in [0.1, 0.15) is 0 Å². The Labute approximate surface area is 135 Å². The quantitative estimate of drug-likeness (QED) is 0.590. The van der Waals surface area contributed by atoms with Crippen LogP contribution in [0.3, 0.4) is 0 Å². The average molecular weight is 376 g/mol. The molecule has 5 nitrogen and oxygen atoms in total. The Morgan fingerprint density at radius 3 is 2.62 bits per heavy atom. The van der Waals surface area contributed by atoms with E-state index in [9.17, 15) is 8.42 Å². The number of nitrogen functional groups attached to an aromatic ring is 1. The molecule has 0 bridgehead atoms. The van der Waals surface area contributed by atoms with Crippen LogP contribution in [0.15, 0.2) is 27.6 Å². The van der Waals surface area contributed by atoms with E-state index in [1.165, 1.54) is 25.3 Å². The molecule has 0 spiro atoms. The summed E-state index contributed by atoms with van der Waals surface area (Å²) in [5, 5.41) is 0. The summed E-state index contributed by atoms with van der Waals surface area (Å²) in [7, 11) is -3.47. The number of hydrogen-bond donors (Lipinski definition) is 2. The summed E-state index contributed by atoms with van der Waals surface area (Å²) < 4.78 is 27.6. The van der Waals surface area contributed by atoms with Gasteiger partial charge in [0, 0.05) is 16.7 Å². The highest BCUT2D eigenvalue weighted by molar-refractivity contribution is 9.10. The Morgan fingerprint density at radius 2 is 1.95 bits per heavy atom. The summed E-state index contributed by atoms with van der Waals surface area (Å²) >= 11 is 3.26. The predicted octanol–water partition coefficient (Wildman–Crippen LogP) is 2.19. The van der Waals surface area contributed by atoms with Crippen molar-refractivity contribution in [3.05, 3.63) is 22.7 Å². The first-order valence-corrected chi connectivity index (χ1v) is 9.54. The van der Waals surface area contributed by atoms with Crippen molar-refractivity contribution in [3.63, 3.8) is 0 Å². The maximum absolute atomic E-state index is 12.2. The van der Waals surface area contributed by atoms with E-state index in [4.69, 9.17) is 5.73 Å². The van der Waals surface area contributed by atoms with Crippen molar-refractivity contribution >= 4 is 31.6 Å². The zero-order chi connectivity index (χ0) is 15.3. The molecule has 0 amide bonds. The number of hydrogen-bond acceptors (Lipinski definition) is 4. The van der Waals surface area contributed by atoms with Gasteiger partial charge in [-0.25, -0.2) is 13.1 Å². The minimum absolute atomic E-state index is 0.209. The van der Waals surface area contributed by atoms with E-state index in [-0.39, 0.29) is 4.90 Å². The van der Waals surface area contributed by atoms with Gasteiger partial charge >= 0.3 is 0 Å². The van der Waals surface area contributed by atoms with E-state index in [2.05, 4.69) is 25.6 Å². The molecule has 3 N–H and O–H groups in total. The van der Waals surface area contributed by atoms with Gasteiger partial charge in [-0.3, -0.25) is 0 Å². The third-order valence-electron chi connectivity index (χ3n) is 3.67. The van der Waals surface area contributed by atoms with E-state index >= 15 is 0 Å². The summed E-state index contributed by atoms with van der Waals surface area (Å²) in [6.45, 7) is 3.67. The Bertz CT molecular complexity index is 572. The zero-order valence-electron chi connectivity index (χ0n) is 12.0. The molecule has 21 heavy (non-hydrogen) atoms. The SMILES string of the molecule is Nc1cc(S(=O)(=O)NCCCN2CCCCC2)ccc1Br. The maximum atomic E-state index is 12.2. The lowest BCUT2D eigenvalue weighted by Gasteiger charge is -2.26. The van der Waals surface area contributed by atoms with Gasteiger partial charge in [0.15, 0.2) is 0 Å². The highest BCUT2D eigenvalue weighted by Crippen LogP contribution is 2.22. The van der Waals surface area contributed by atoms with Crippen molar-refractivity contribution in [3.8, 4) is 0 Å². The van der Waals surface area contributed by atoms with Crippen LogP contribution in [0.1, 0.15) is 25.7 Å². The normalized spacial score (nSPS) is 17.0. The zero-order valence-corrected chi connectivity index (χ0v) is 14.4. The van der Waals surface area contributed by atoms with Crippen molar-refractivity contribution in [1.82, 2.24) is 9.62 Å². The van der Waals surface area contributed by atoms with E-state index in [0.717, 1.165) is 26.1 Å². The first-order chi connectivity index (χ1) is 9.99. The molecule has 1 fully saturated rings. The maximum Gasteiger partial charge on any atom is 0.240 e. The number of anilines is 1. The van der Waals surface area contributed by atoms with Gasteiger partial charge in [-0.1, -0.05) is 6.42 Å². The molecule has 0 aliphatic carbocycles. The molecule has 118 valence electrons. The van der Waals surface area contributed by atoms with Crippen LogP contribution in [0.5, 0.6) is 0 Å². The Morgan fingerprint density at radius 1 is 1.24 bits per heavy atom. The van der Waals surface area contributed by atoms with Gasteiger partial charge in [0.2, 0.25) is 10.0 Å². The van der Waals surface area contributed by atoms with Gasteiger partial charge in [-0.2, -0.15) is 0 Å². The molecule has 0 atom stereocenters. The fourth-order valence-corrected chi connectivity index (χ4v) is 3.82. The Balaban J connectivity index is 1.82. The van der Waals surface area contributed by atoms with E-state index in [1.54, 1.807) is 12.1 Å². The number of halogens is 1. The van der Waals surface area contributed by atoms with Crippen LogP contribution in [0.25, 0.3) is 0 Å². The summed E-state index contributed by atoms with van der Waals surface area (Å²) in [6.07, 6.45) is 4.65. The highest BCUT2D eigenvalue weighted by atomic mass is 79.9. The second-order valence-corrected chi connectivity index (χ2v) is 7.96. The van der Waals surface area contributed by atoms with Crippen LogP contribution >= 0.6 is 15.9 Å². The molecular weight excluding hydrogens is 354 g/mol. The minimum atomic E-state index is -3.47. The molecule has 0 saturated carbocycles. The Hall–Kier alpha value is -0.630. The predicted molar refractivity (Wildman–Crippen MR) is 88.7 cm³/mol. The fourth-order valence-electron chi connectivity index (χ4n) is 2.46. The van der Waals surface area contributed by atoms with Gasteiger partial charge in [0.05, 0.1) is 4.90 Å². The number of nitrogens with two attached hydrogens (primary N) is 1. The van der Waals surface area contributed by atoms with Crippen molar-refractivity contribution in [1.29, 1.82) is 0 Å². The van der Waals surface area contributed by atoms with Crippen LogP contribution in [-0.4, -0.2) is 39.5 Å². The third kappa shape index (κ3) is 4.95. The minimum Gasteiger partial charge on any atom is -0.398 e. The monoisotopic (exact) mass is 375 g/mol. The number of nitrogens with one attached hydrogen (secondary N) is 1. The summed E-state index contributed by atoms with van der Waals surface area (Å²) in [6, 6.07) is 4.67. The first-order valence-electron chi connectivity index (χ1n) is 7.26. The lowest BCUT2D eigenvalue weighted by molar-refractivity contribution is 0.227. The molecule has 2 rings (SSSR count). The fraction of sp³-hybridized carbons (Fsp3) is 0.571. The molecule has 1 aliphatic heterocycles. The van der Waals surface area contributed by atoms with Crippen molar-refractivity contribution < 1.29 is 8.42 Å². The van der Waals surface area contributed by atoms with Crippen molar-refractivity contribution in [2.24, 2.45) is 0 Å². The molecule has 1 aliphatic rings. The largest absolute Gasteiger partial charge is 0.398 e. The number of likely N-dealkylation sites (tertiary alicyclic amines) is 1.